The van der Waals surface area contributed by atoms with E-state index in [1.165, 1.54) is 53.8 Å². The van der Waals surface area contributed by atoms with E-state index in [0.717, 1.165) is 13.0 Å². The average molecular weight is 269 g/mol. The summed E-state index contributed by atoms with van der Waals surface area (Å²) in [5.74, 6) is 0. The van der Waals surface area contributed by atoms with Crippen LogP contribution < -0.4 is 5.32 Å². The van der Waals surface area contributed by atoms with Gasteiger partial charge in [-0.1, -0.05) is 19.1 Å². The van der Waals surface area contributed by atoms with Crippen molar-refractivity contribution in [3.63, 3.8) is 0 Å². The van der Waals surface area contributed by atoms with Crippen LogP contribution in [0.4, 0.5) is 5.69 Å². The Morgan fingerprint density at radius 3 is 2.95 bits per heavy atom. The third kappa shape index (κ3) is 2.58. The maximum Gasteiger partial charge on any atom is 0.0671 e. The maximum atomic E-state index is 4.51. The van der Waals surface area contributed by atoms with Crippen molar-refractivity contribution < 1.29 is 0 Å². The van der Waals surface area contributed by atoms with Gasteiger partial charge in [0, 0.05) is 31.0 Å². The van der Waals surface area contributed by atoms with Crippen LogP contribution in [0.15, 0.2) is 24.4 Å². The molecule has 0 unspecified atom stereocenters. The predicted octanol–water partition coefficient (Wildman–Crippen LogP) is 3.47. The summed E-state index contributed by atoms with van der Waals surface area (Å²) in [6.45, 7) is 3.03. The molecule has 0 aliphatic heterocycles. The molecular weight excluding hydrogens is 246 g/mol. The molecule has 3 rings (SSSR count). The van der Waals surface area contributed by atoms with E-state index in [0.29, 0.717) is 0 Å². The normalized spacial score (nSPS) is 14.1. The van der Waals surface area contributed by atoms with Gasteiger partial charge in [0.15, 0.2) is 0 Å². The second-order valence-corrected chi connectivity index (χ2v) is 5.63. The number of nitrogens with one attached hydrogen (secondary N) is 1. The van der Waals surface area contributed by atoms with Gasteiger partial charge in [-0.15, -0.1) is 0 Å². The quantitative estimate of drug-likeness (QED) is 0.921. The molecule has 0 amide bonds. The van der Waals surface area contributed by atoms with Gasteiger partial charge in [-0.25, -0.2) is 0 Å². The molecule has 0 radical (unpaired) electrons. The lowest BCUT2D eigenvalue weighted by Crippen LogP contribution is -2.09. The molecule has 1 aliphatic carbocycles. The second kappa shape index (κ2) is 5.70. The Morgan fingerprint density at radius 1 is 1.25 bits per heavy atom. The second-order valence-electron chi connectivity index (χ2n) is 5.63. The van der Waals surface area contributed by atoms with Crippen LogP contribution in [-0.4, -0.2) is 9.78 Å². The van der Waals surface area contributed by atoms with Gasteiger partial charge in [-0.3, -0.25) is 4.68 Å². The first-order chi connectivity index (χ1) is 9.78. The largest absolute Gasteiger partial charge is 0.381 e. The number of fused-ring (bicyclic) bond motifs is 1. The SMILES string of the molecule is CCc1nn(C)cc1CNc1cccc2c1CCCC2. The first kappa shape index (κ1) is 13.2. The fourth-order valence-electron chi connectivity index (χ4n) is 3.17. The average Bonchev–Trinajstić information content (AvgIpc) is 2.85. The summed E-state index contributed by atoms with van der Waals surface area (Å²) >= 11 is 0. The summed E-state index contributed by atoms with van der Waals surface area (Å²) in [4.78, 5) is 0. The molecule has 2 aromatic rings. The molecule has 20 heavy (non-hydrogen) atoms. The van der Waals surface area contributed by atoms with Crippen molar-refractivity contribution in [2.75, 3.05) is 5.32 Å². The van der Waals surface area contributed by atoms with E-state index in [1.54, 1.807) is 0 Å². The Hall–Kier alpha value is -1.77. The van der Waals surface area contributed by atoms with Crippen molar-refractivity contribution in [3.05, 3.63) is 46.8 Å². The molecule has 0 spiro atoms. The molecule has 1 N–H and O–H groups in total. The van der Waals surface area contributed by atoms with Crippen LogP contribution in [0.25, 0.3) is 0 Å². The molecule has 106 valence electrons. The molecule has 0 bridgehead atoms. The molecule has 1 heterocycles. The Balaban J connectivity index is 1.78. The molecule has 0 saturated heterocycles. The molecule has 3 nitrogen and oxygen atoms in total. The van der Waals surface area contributed by atoms with Crippen molar-refractivity contribution in [1.29, 1.82) is 0 Å². The van der Waals surface area contributed by atoms with Gasteiger partial charge >= 0.3 is 0 Å². The summed E-state index contributed by atoms with van der Waals surface area (Å²) in [6.07, 6.45) is 8.22. The van der Waals surface area contributed by atoms with E-state index in [1.807, 2.05) is 11.7 Å². The highest BCUT2D eigenvalue weighted by molar-refractivity contribution is 5.56. The highest BCUT2D eigenvalue weighted by atomic mass is 15.3. The van der Waals surface area contributed by atoms with Crippen molar-refractivity contribution in [2.24, 2.45) is 7.05 Å². The number of aromatic nitrogens is 2. The molecule has 1 aliphatic rings. The van der Waals surface area contributed by atoms with Crippen molar-refractivity contribution in [1.82, 2.24) is 9.78 Å². The Labute approximate surface area is 121 Å². The Kier molecular flexibility index (Phi) is 3.77. The fraction of sp³-hybridized carbons (Fsp3) is 0.471. The highest BCUT2D eigenvalue weighted by Gasteiger charge is 2.13. The maximum absolute atomic E-state index is 4.51. The predicted molar refractivity (Wildman–Crippen MR) is 83.0 cm³/mol. The monoisotopic (exact) mass is 269 g/mol. The van der Waals surface area contributed by atoms with Gasteiger partial charge in [-0.05, 0) is 49.3 Å². The van der Waals surface area contributed by atoms with Gasteiger partial charge in [0.2, 0.25) is 0 Å². The lowest BCUT2D eigenvalue weighted by atomic mass is 9.90. The summed E-state index contributed by atoms with van der Waals surface area (Å²) in [5.41, 5.74) is 6.88. The number of hydrogen-bond acceptors (Lipinski definition) is 2. The first-order valence-electron chi connectivity index (χ1n) is 7.64. The number of nitrogens with zero attached hydrogens (tertiary/aromatic N) is 2. The third-order valence-corrected chi connectivity index (χ3v) is 4.19. The van der Waals surface area contributed by atoms with E-state index >= 15 is 0 Å². The van der Waals surface area contributed by atoms with Crippen LogP contribution in [0.5, 0.6) is 0 Å². The molecule has 0 atom stereocenters. The Bertz CT molecular complexity index is 598. The van der Waals surface area contributed by atoms with Gasteiger partial charge in [-0.2, -0.15) is 5.10 Å². The van der Waals surface area contributed by atoms with Gasteiger partial charge in [0.05, 0.1) is 5.69 Å². The number of anilines is 1. The van der Waals surface area contributed by atoms with Crippen LogP contribution in [-0.2, 0) is 32.9 Å². The standard InChI is InChI=1S/C17H23N3/c1-3-16-14(12-20(2)19-16)11-18-17-10-6-8-13-7-4-5-9-15(13)17/h6,8,10,12,18H,3-5,7,9,11H2,1-2H3. The minimum Gasteiger partial charge on any atom is -0.381 e. The minimum atomic E-state index is 0.869. The van der Waals surface area contributed by atoms with E-state index in [4.69, 9.17) is 0 Å². The van der Waals surface area contributed by atoms with Crippen molar-refractivity contribution >= 4 is 5.69 Å². The number of rotatable bonds is 4. The smallest absolute Gasteiger partial charge is 0.0671 e. The Morgan fingerprint density at radius 2 is 2.10 bits per heavy atom. The molecule has 1 aromatic carbocycles. The first-order valence-corrected chi connectivity index (χ1v) is 7.64. The third-order valence-electron chi connectivity index (χ3n) is 4.19. The van der Waals surface area contributed by atoms with E-state index in [2.05, 4.69) is 41.7 Å². The lowest BCUT2D eigenvalue weighted by molar-refractivity contribution is 0.686. The molecular formula is C17H23N3. The zero-order chi connectivity index (χ0) is 13.9. The zero-order valence-electron chi connectivity index (χ0n) is 12.4. The summed E-state index contributed by atoms with van der Waals surface area (Å²) < 4.78 is 1.91. The topological polar surface area (TPSA) is 29.9 Å². The van der Waals surface area contributed by atoms with Crippen LogP contribution in [0.1, 0.15) is 42.1 Å². The summed E-state index contributed by atoms with van der Waals surface area (Å²) in [6, 6.07) is 6.67. The van der Waals surface area contributed by atoms with Crippen LogP contribution in [0.3, 0.4) is 0 Å². The van der Waals surface area contributed by atoms with E-state index < -0.39 is 0 Å². The van der Waals surface area contributed by atoms with Gasteiger partial charge < -0.3 is 5.32 Å². The van der Waals surface area contributed by atoms with Crippen LogP contribution >= 0.6 is 0 Å². The molecule has 3 heteroatoms. The lowest BCUT2D eigenvalue weighted by Gasteiger charge is -2.20. The number of aryl methyl sites for hydroxylation is 3. The van der Waals surface area contributed by atoms with Crippen LogP contribution in [0.2, 0.25) is 0 Å². The summed E-state index contributed by atoms with van der Waals surface area (Å²) in [5, 5.41) is 8.13. The van der Waals surface area contributed by atoms with Gasteiger partial charge in [0.1, 0.15) is 0 Å². The number of benzene rings is 1. The molecule has 0 saturated carbocycles. The zero-order valence-corrected chi connectivity index (χ0v) is 12.4. The fourth-order valence-corrected chi connectivity index (χ4v) is 3.17. The number of hydrogen-bond donors (Lipinski definition) is 1. The minimum absolute atomic E-state index is 0.869. The molecule has 1 aromatic heterocycles. The van der Waals surface area contributed by atoms with Crippen molar-refractivity contribution in [3.8, 4) is 0 Å². The highest BCUT2D eigenvalue weighted by Crippen LogP contribution is 2.28. The van der Waals surface area contributed by atoms with E-state index in [-0.39, 0.29) is 0 Å². The van der Waals surface area contributed by atoms with E-state index in [9.17, 15) is 0 Å². The summed E-state index contributed by atoms with van der Waals surface area (Å²) in [7, 11) is 1.99. The van der Waals surface area contributed by atoms with Crippen LogP contribution in [0, 0.1) is 0 Å². The van der Waals surface area contributed by atoms with Crippen molar-refractivity contribution in [2.45, 2.75) is 45.6 Å². The van der Waals surface area contributed by atoms with Gasteiger partial charge in [0.25, 0.3) is 0 Å². The molecule has 0 fully saturated rings.